The SMILES string of the molecule is CCc1noc(CN(C)CC(=O)Nc2cccc(C)c2C)n1. The van der Waals surface area contributed by atoms with Crippen molar-refractivity contribution in [2.75, 3.05) is 18.9 Å². The smallest absolute Gasteiger partial charge is 0.240 e. The topological polar surface area (TPSA) is 71.3 Å². The maximum atomic E-state index is 12.1. The van der Waals surface area contributed by atoms with E-state index in [1.54, 1.807) is 0 Å². The van der Waals surface area contributed by atoms with E-state index in [0.717, 1.165) is 23.2 Å². The minimum absolute atomic E-state index is 0.0635. The third-order valence-corrected chi connectivity index (χ3v) is 3.52. The van der Waals surface area contributed by atoms with Gasteiger partial charge in [-0.05, 0) is 38.1 Å². The Kier molecular flexibility index (Phi) is 5.27. The number of amides is 1. The predicted molar refractivity (Wildman–Crippen MR) is 84.6 cm³/mol. The molecule has 6 heteroatoms. The molecule has 2 aromatic rings. The minimum Gasteiger partial charge on any atom is -0.338 e. The number of benzene rings is 1. The van der Waals surface area contributed by atoms with Crippen LogP contribution in [0.3, 0.4) is 0 Å². The lowest BCUT2D eigenvalue weighted by atomic mass is 10.1. The Morgan fingerprint density at radius 1 is 1.36 bits per heavy atom. The molecule has 0 unspecified atom stereocenters. The number of rotatable bonds is 6. The number of carbonyl (C=O) groups excluding carboxylic acids is 1. The highest BCUT2D eigenvalue weighted by Crippen LogP contribution is 2.17. The molecule has 0 saturated heterocycles. The quantitative estimate of drug-likeness (QED) is 0.886. The van der Waals surface area contributed by atoms with E-state index in [-0.39, 0.29) is 12.5 Å². The van der Waals surface area contributed by atoms with Gasteiger partial charge in [-0.3, -0.25) is 9.69 Å². The van der Waals surface area contributed by atoms with Crippen molar-refractivity contribution in [1.82, 2.24) is 15.0 Å². The highest BCUT2D eigenvalue weighted by molar-refractivity contribution is 5.93. The molecule has 0 aliphatic rings. The predicted octanol–water partition coefficient (Wildman–Crippen LogP) is 2.32. The second-order valence-corrected chi connectivity index (χ2v) is 5.43. The van der Waals surface area contributed by atoms with Crippen LogP contribution in [0, 0.1) is 13.8 Å². The molecule has 0 atom stereocenters. The molecular formula is C16H22N4O2. The molecule has 1 amide bonds. The Morgan fingerprint density at radius 3 is 2.82 bits per heavy atom. The summed E-state index contributed by atoms with van der Waals surface area (Å²) in [5.41, 5.74) is 3.09. The second kappa shape index (κ2) is 7.17. The maximum Gasteiger partial charge on any atom is 0.240 e. The molecule has 22 heavy (non-hydrogen) atoms. The van der Waals surface area contributed by atoms with Crippen molar-refractivity contribution in [3.8, 4) is 0 Å². The molecule has 1 N–H and O–H groups in total. The number of nitrogens with zero attached hydrogens (tertiary/aromatic N) is 3. The summed E-state index contributed by atoms with van der Waals surface area (Å²) >= 11 is 0. The van der Waals surface area contributed by atoms with Gasteiger partial charge in [-0.25, -0.2) is 0 Å². The molecule has 1 aromatic heterocycles. The van der Waals surface area contributed by atoms with E-state index in [9.17, 15) is 4.79 Å². The van der Waals surface area contributed by atoms with Crippen LogP contribution in [0.25, 0.3) is 0 Å². The van der Waals surface area contributed by atoms with Crippen molar-refractivity contribution in [3.63, 3.8) is 0 Å². The first-order valence-electron chi connectivity index (χ1n) is 7.35. The summed E-state index contributed by atoms with van der Waals surface area (Å²) in [5.74, 6) is 1.15. The molecule has 0 aliphatic carbocycles. The molecule has 0 spiro atoms. The van der Waals surface area contributed by atoms with Crippen molar-refractivity contribution in [3.05, 3.63) is 41.0 Å². The molecule has 0 bridgehead atoms. The molecule has 0 fully saturated rings. The van der Waals surface area contributed by atoms with E-state index in [2.05, 4.69) is 15.5 Å². The van der Waals surface area contributed by atoms with Gasteiger partial charge in [0.2, 0.25) is 11.8 Å². The highest BCUT2D eigenvalue weighted by Gasteiger charge is 2.12. The molecular weight excluding hydrogens is 280 g/mol. The zero-order valence-corrected chi connectivity index (χ0v) is 13.5. The van der Waals surface area contributed by atoms with E-state index in [1.165, 1.54) is 0 Å². The van der Waals surface area contributed by atoms with Gasteiger partial charge in [0.1, 0.15) is 0 Å². The average Bonchev–Trinajstić information content (AvgIpc) is 2.91. The fourth-order valence-corrected chi connectivity index (χ4v) is 2.11. The fraction of sp³-hybridized carbons (Fsp3) is 0.438. The first-order chi connectivity index (χ1) is 10.5. The molecule has 6 nitrogen and oxygen atoms in total. The Hall–Kier alpha value is -2.21. The average molecular weight is 302 g/mol. The number of aromatic nitrogens is 2. The number of anilines is 1. The van der Waals surface area contributed by atoms with Crippen LogP contribution in [0.2, 0.25) is 0 Å². The van der Waals surface area contributed by atoms with Crippen molar-refractivity contribution in [1.29, 1.82) is 0 Å². The normalized spacial score (nSPS) is 11.0. The van der Waals surface area contributed by atoms with Crippen LogP contribution in [0.4, 0.5) is 5.69 Å². The monoisotopic (exact) mass is 302 g/mol. The maximum absolute atomic E-state index is 12.1. The van der Waals surface area contributed by atoms with Crippen LogP contribution in [-0.4, -0.2) is 34.5 Å². The van der Waals surface area contributed by atoms with Gasteiger partial charge in [0, 0.05) is 12.1 Å². The molecule has 118 valence electrons. The van der Waals surface area contributed by atoms with Gasteiger partial charge in [-0.15, -0.1) is 0 Å². The lowest BCUT2D eigenvalue weighted by Gasteiger charge is -2.15. The van der Waals surface area contributed by atoms with E-state index < -0.39 is 0 Å². The number of nitrogens with one attached hydrogen (secondary N) is 1. The van der Waals surface area contributed by atoms with Gasteiger partial charge in [0.25, 0.3) is 0 Å². The number of hydrogen-bond donors (Lipinski definition) is 1. The van der Waals surface area contributed by atoms with Crippen molar-refractivity contribution < 1.29 is 9.32 Å². The summed E-state index contributed by atoms with van der Waals surface area (Å²) in [6.45, 7) is 6.71. The summed E-state index contributed by atoms with van der Waals surface area (Å²) in [5, 5.41) is 6.78. The van der Waals surface area contributed by atoms with Crippen LogP contribution in [-0.2, 0) is 17.8 Å². The van der Waals surface area contributed by atoms with Gasteiger partial charge in [-0.1, -0.05) is 24.2 Å². The third-order valence-electron chi connectivity index (χ3n) is 3.52. The number of aryl methyl sites for hydroxylation is 2. The van der Waals surface area contributed by atoms with E-state index in [0.29, 0.717) is 18.3 Å². The standard InChI is InChI=1S/C16H22N4O2/c1-5-14-18-16(22-19-14)10-20(4)9-15(21)17-13-8-6-7-11(2)12(13)3/h6-8H,5,9-10H2,1-4H3,(H,17,21). The van der Waals surface area contributed by atoms with Crippen LogP contribution in [0.1, 0.15) is 29.8 Å². The van der Waals surface area contributed by atoms with Crippen LogP contribution in [0.5, 0.6) is 0 Å². The number of carbonyl (C=O) groups is 1. The molecule has 1 aromatic carbocycles. The van der Waals surface area contributed by atoms with E-state index >= 15 is 0 Å². The Balaban J connectivity index is 1.89. The number of likely N-dealkylation sites (N-methyl/N-ethyl adjacent to an activating group) is 1. The van der Waals surface area contributed by atoms with Gasteiger partial charge in [0.15, 0.2) is 5.82 Å². The van der Waals surface area contributed by atoms with Gasteiger partial charge < -0.3 is 9.84 Å². The zero-order chi connectivity index (χ0) is 16.1. The van der Waals surface area contributed by atoms with Gasteiger partial charge in [0.05, 0.1) is 13.1 Å². The van der Waals surface area contributed by atoms with E-state index in [1.807, 2.05) is 50.9 Å². The molecule has 0 saturated carbocycles. The van der Waals surface area contributed by atoms with Crippen LogP contribution in [0.15, 0.2) is 22.7 Å². The summed E-state index contributed by atoms with van der Waals surface area (Å²) in [6, 6.07) is 5.87. The zero-order valence-electron chi connectivity index (χ0n) is 13.5. The molecule has 2 rings (SSSR count). The van der Waals surface area contributed by atoms with Crippen molar-refractivity contribution >= 4 is 11.6 Å². The lowest BCUT2D eigenvalue weighted by molar-refractivity contribution is -0.117. The summed E-state index contributed by atoms with van der Waals surface area (Å²) < 4.78 is 5.13. The Bertz CT molecular complexity index is 651. The van der Waals surface area contributed by atoms with Crippen molar-refractivity contribution in [2.24, 2.45) is 0 Å². The first kappa shape index (κ1) is 16.2. The van der Waals surface area contributed by atoms with E-state index in [4.69, 9.17) is 4.52 Å². The molecule has 0 aliphatic heterocycles. The Labute approximate surface area is 130 Å². The van der Waals surface area contributed by atoms with Crippen molar-refractivity contribution in [2.45, 2.75) is 33.7 Å². The summed E-state index contributed by atoms with van der Waals surface area (Å²) in [7, 11) is 1.85. The van der Waals surface area contributed by atoms with Crippen LogP contribution < -0.4 is 5.32 Å². The first-order valence-corrected chi connectivity index (χ1v) is 7.35. The number of hydrogen-bond acceptors (Lipinski definition) is 5. The summed E-state index contributed by atoms with van der Waals surface area (Å²) in [4.78, 5) is 18.2. The minimum atomic E-state index is -0.0635. The molecule has 0 radical (unpaired) electrons. The lowest BCUT2D eigenvalue weighted by Crippen LogP contribution is -2.30. The summed E-state index contributed by atoms with van der Waals surface area (Å²) in [6.07, 6.45) is 0.736. The molecule has 1 heterocycles. The third kappa shape index (κ3) is 4.14. The largest absolute Gasteiger partial charge is 0.338 e. The fourth-order valence-electron chi connectivity index (χ4n) is 2.11. The Morgan fingerprint density at radius 2 is 2.14 bits per heavy atom. The van der Waals surface area contributed by atoms with Gasteiger partial charge >= 0.3 is 0 Å². The van der Waals surface area contributed by atoms with Crippen LogP contribution >= 0.6 is 0 Å². The highest BCUT2D eigenvalue weighted by atomic mass is 16.5. The second-order valence-electron chi connectivity index (χ2n) is 5.43. The van der Waals surface area contributed by atoms with Gasteiger partial charge in [-0.2, -0.15) is 4.98 Å².